The summed E-state index contributed by atoms with van der Waals surface area (Å²) < 4.78 is 5.66. The van der Waals surface area contributed by atoms with Gasteiger partial charge < -0.3 is 10.1 Å². The zero-order chi connectivity index (χ0) is 18.2. The Labute approximate surface area is 159 Å². The zero-order valence-electron chi connectivity index (χ0n) is 14.8. The van der Waals surface area contributed by atoms with Gasteiger partial charge in [-0.1, -0.05) is 24.4 Å². The number of rotatable bonds is 10. The van der Waals surface area contributed by atoms with Crippen molar-refractivity contribution in [3.8, 4) is 5.75 Å². The number of aromatic nitrogens is 2. The van der Waals surface area contributed by atoms with Crippen molar-refractivity contribution in [1.82, 2.24) is 15.3 Å². The third-order valence-corrected chi connectivity index (χ3v) is 4.64. The van der Waals surface area contributed by atoms with Gasteiger partial charge in [0.2, 0.25) is 0 Å². The largest absolute Gasteiger partial charge is 0.494 e. The molecule has 0 radical (unpaired) electrons. The Bertz CT molecular complexity index is 717. The summed E-state index contributed by atoms with van der Waals surface area (Å²) in [4.78, 5) is 20.6. The Morgan fingerprint density at radius 2 is 1.92 bits per heavy atom. The molecule has 0 bridgehead atoms. The molecule has 0 unspecified atom stereocenters. The van der Waals surface area contributed by atoms with Crippen LogP contribution in [0.5, 0.6) is 5.75 Å². The van der Waals surface area contributed by atoms with Gasteiger partial charge in [0.05, 0.1) is 17.9 Å². The topological polar surface area (TPSA) is 64.1 Å². The average Bonchev–Trinajstić information content (AvgIpc) is 3.50. The van der Waals surface area contributed by atoms with Gasteiger partial charge >= 0.3 is 0 Å². The van der Waals surface area contributed by atoms with E-state index in [-0.39, 0.29) is 5.91 Å². The van der Waals surface area contributed by atoms with Crippen LogP contribution in [0, 0.1) is 0 Å². The first-order valence-electron chi connectivity index (χ1n) is 9.20. The van der Waals surface area contributed by atoms with Crippen molar-refractivity contribution in [2.75, 3.05) is 13.2 Å². The highest BCUT2D eigenvalue weighted by Crippen LogP contribution is 2.40. The fraction of sp³-hybridized carbons (Fsp3) is 0.450. The number of amides is 1. The number of benzene rings is 1. The molecule has 1 aromatic carbocycles. The van der Waals surface area contributed by atoms with Crippen molar-refractivity contribution in [2.24, 2.45) is 0 Å². The number of carbonyl (C=O) groups is 1. The summed E-state index contributed by atoms with van der Waals surface area (Å²) in [6, 6.07) is 7.40. The fourth-order valence-electron chi connectivity index (χ4n) is 2.79. The Hall–Kier alpha value is -2.14. The summed E-state index contributed by atoms with van der Waals surface area (Å²) in [5, 5.41) is 3.69. The standard InChI is InChI=1S/C20H24ClN3O2/c21-16-7-9-17(10-8-16)26-12-4-2-1-3-11-23-20(25)18-13-22-14-24-19(18)15-5-6-15/h7-10,13-15H,1-6,11-12H2,(H,23,25). The first-order valence-corrected chi connectivity index (χ1v) is 9.58. The smallest absolute Gasteiger partial charge is 0.254 e. The van der Waals surface area contributed by atoms with Gasteiger partial charge in [-0.2, -0.15) is 0 Å². The third-order valence-electron chi connectivity index (χ3n) is 4.39. The van der Waals surface area contributed by atoms with Gasteiger partial charge in [0.1, 0.15) is 12.1 Å². The van der Waals surface area contributed by atoms with Crippen molar-refractivity contribution < 1.29 is 9.53 Å². The molecule has 0 saturated heterocycles. The van der Waals surface area contributed by atoms with Gasteiger partial charge in [0, 0.05) is 23.7 Å². The molecule has 0 spiro atoms. The highest BCUT2D eigenvalue weighted by atomic mass is 35.5. The quantitative estimate of drug-likeness (QED) is 0.628. The second-order valence-electron chi connectivity index (χ2n) is 6.57. The predicted octanol–water partition coefficient (Wildman–Crippen LogP) is 4.38. The molecule has 0 aliphatic heterocycles. The van der Waals surface area contributed by atoms with Gasteiger partial charge in [-0.3, -0.25) is 4.79 Å². The number of unbranched alkanes of at least 4 members (excludes halogenated alkanes) is 3. The van der Waals surface area contributed by atoms with E-state index < -0.39 is 0 Å². The Balaban J connectivity index is 1.26. The van der Waals surface area contributed by atoms with Crippen LogP contribution in [0.1, 0.15) is 60.5 Å². The monoisotopic (exact) mass is 373 g/mol. The van der Waals surface area contributed by atoms with Crippen molar-refractivity contribution in [2.45, 2.75) is 44.4 Å². The Morgan fingerprint density at radius 3 is 2.69 bits per heavy atom. The van der Waals surface area contributed by atoms with E-state index in [1.165, 1.54) is 6.33 Å². The van der Waals surface area contributed by atoms with Crippen LogP contribution >= 0.6 is 11.6 Å². The molecule has 1 saturated carbocycles. The minimum atomic E-state index is -0.0569. The van der Waals surface area contributed by atoms with E-state index in [4.69, 9.17) is 16.3 Å². The summed E-state index contributed by atoms with van der Waals surface area (Å²) in [5.74, 6) is 1.23. The van der Waals surface area contributed by atoms with Gasteiger partial charge in [-0.25, -0.2) is 9.97 Å². The summed E-state index contributed by atoms with van der Waals surface area (Å²) in [6.07, 6.45) is 9.48. The number of nitrogens with zero attached hydrogens (tertiary/aromatic N) is 2. The SMILES string of the molecule is O=C(NCCCCCCOc1ccc(Cl)cc1)c1cncnc1C1CC1. The Kier molecular flexibility index (Phi) is 6.83. The number of ether oxygens (including phenoxy) is 1. The summed E-state index contributed by atoms with van der Waals surface area (Å²) in [7, 11) is 0. The lowest BCUT2D eigenvalue weighted by atomic mass is 10.1. The van der Waals surface area contributed by atoms with Crippen LogP contribution in [0.25, 0.3) is 0 Å². The van der Waals surface area contributed by atoms with E-state index >= 15 is 0 Å². The highest BCUT2D eigenvalue weighted by molar-refractivity contribution is 6.30. The van der Waals surface area contributed by atoms with Crippen LogP contribution in [-0.2, 0) is 0 Å². The van der Waals surface area contributed by atoms with E-state index in [2.05, 4.69) is 15.3 Å². The molecule has 6 heteroatoms. The molecule has 138 valence electrons. The van der Waals surface area contributed by atoms with Crippen LogP contribution in [0.4, 0.5) is 0 Å². The molecule has 5 nitrogen and oxygen atoms in total. The highest BCUT2D eigenvalue weighted by Gasteiger charge is 2.29. The average molecular weight is 374 g/mol. The molecule has 26 heavy (non-hydrogen) atoms. The van der Waals surface area contributed by atoms with Gasteiger partial charge in [-0.05, 0) is 49.9 Å². The van der Waals surface area contributed by atoms with Crippen molar-refractivity contribution >= 4 is 17.5 Å². The van der Waals surface area contributed by atoms with Crippen LogP contribution < -0.4 is 10.1 Å². The molecule has 1 N–H and O–H groups in total. The molecular weight excluding hydrogens is 350 g/mol. The van der Waals surface area contributed by atoms with Crippen LogP contribution in [0.3, 0.4) is 0 Å². The fourth-order valence-corrected chi connectivity index (χ4v) is 2.92. The molecule has 1 fully saturated rings. The minimum absolute atomic E-state index is 0.0569. The molecule has 0 atom stereocenters. The van der Waals surface area contributed by atoms with Crippen molar-refractivity contribution in [3.05, 3.63) is 53.1 Å². The molecule has 3 rings (SSSR count). The maximum absolute atomic E-state index is 12.3. The van der Waals surface area contributed by atoms with E-state index in [9.17, 15) is 4.79 Å². The molecule has 1 aliphatic rings. The number of nitrogens with one attached hydrogen (secondary N) is 1. The predicted molar refractivity (Wildman–Crippen MR) is 102 cm³/mol. The number of carbonyl (C=O) groups excluding carboxylic acids is 1. The molecule has 2 aromatic rings. The van der Waals surface area contributed by atoms with E-state index in [1.807, 2.05) is 24.3 Å². The van der Waals surface area contributed by atoms with Crippen LogP contribution in [0.2, 0.25) is 5.02 Å². The van der Waals surface area contributed by atoms with Crippen molar-refractivity contribution in [3.63, 3.8) is 0 Å². The number of hydrogen-bond donors (Lipinski definition) is 1. The maximum Gasteiger partial charge on any atom is 0.254 e. The van der Waals surface area contributed by atoms with E-state index in [0.29, 0.717) is 29.7 Å². The first kappa shape index (κ1) is 18.6. The molecule has 1 amide bonds. The second-order valence-corrected chi connectivity index (χ2v) is 7.00. The third kappa shape index (κ3) is 5.70. The normalized spacial score (nSPS) is 13.4. The van der Waals surface area contributed by atoms with E-state index in [0.717, 1.165) is 50.0 Å². The maximum atomic E-state index is 12.3. The van der Waals surface area contributed by atoms with E-state index in [1.54, 1.807) is 6.20 Å². The zero-order valence-corrected chi connectivity index (χ0v) is 15.5. The van der Waals surface area contributed by atoms with Crippen LogP contribution in [0.15, 0.2) is 36.8 Å². The summed E-state index contributed by atoms with van der Waals surface area (Å²) in [5.41, 5.74) is 1.53. The molecule has 1 heterocycles. The lowest BCUT2D eigenvalue weighted by Crippen LogP contribution is -2.26. The molecular formula is C20H24ClN3O2. The van der Waals surface area contributed by atoms with Crippen molar-refractivity contribution in [1.29, 1.82) is 0 Å². The van der Waals surface area contributed by atoms with Gasteiger partial charge in [-0.15, -0.1) is 0 Å². The number of halogens is 1. The second kappa shape index (κ2) is 9.53. The Morgan fingerprint density at radius 1 is 1.15 bits per heavy atom. The summed E-state index contributed by atoms with van der Waals surface area (Å²) in [6.45, 7) is 1.37. The van der Waals surface area contributed by atoms with Crippen LogP contribution in [-0.4, -0.2) is 29.0 Å². The molecule has 1 aliphatic carbocycles. The lowest BCUT2D eigenvalue weighted by molar-refractivity contribution is 0.0951. The first-order chi connectivity index (χ1) is 12.7. The van der Waals surface area contributed by atoms with Gasteiger partial charge in [0.15, 0.2) is 0 Å². The molecule has 1 aromatic heterocycles. The minimum Gasteiger partial charge on any atom is -0.494 e. The van der Waals surface area contributed by atoms with Gasteiger partial charge in [0.25, 0.3) is 5.91 Å². The summed E-state index contributed by atoms with van der Waals surface area (Å²) >= 11 is 5.84. The lowest BCUT2D eigenvalue weighted by Gasteiger charge is -2.08. The number of hydrogen-bond acceptors (Lipinski definition) is 4.